The molecule has 1 aromatic carbocycles. The number of benzene rings is 1. The molecule has 0 aliphatic carbocycles. The van der Waals surface area contributed by atoms with Gasteiger partial charge < -0.3 is 9.30 Å². The van der Waals surface area contributed by atoms with Crippen molar-refractivity contribution in [1.29, 1.82) is 0 Å². The van der Waals surface area contributed by atoms with Gasteiger partial charge in [-0.1, -0.05) is 0 Å². The van der Waals surface area contributed by atoms with E-state index in [4.69, 9.17) is 16.3 Å². The summed E-state index contributed by atoms with van der Waals surface area (Å²) in [6.45, 7) is 0. The van der Waals surface area contributed by atoms with Gasteiger partial charge in [0.15, 0.2) is 5.82 Å². The largest absolute Gasteiger partial charge is 0.496 e. The van der Waals surface area contributed by atoms with Crippen molar-refractivity contribution in [3.8, 4) is 17.1 Å². The van der Waals surface area contributed by atoms with E-state index in [0.717, 1.165) is 0 Å². The van der Waals surface area contributed by atoms with E-state index in [-0.39, 0.29) is 11.6 Å². The van der Waals surface area contributed by atoms with Crippen molar-refractivity contribution < 1.29 is 9.66 Å². The molecule has 0 unspecified atom stereocenters. The van der Waals surface area contributed by atoms with Gasteiger partial charge in [0.25, 0.3) is 5.69 Å². The molecule has 2 rings (SSSR count). The summed E-state index contributed by atoms with van der Waals surface area (Å²) in [7, 11) is 3.22. The number of alkyl halides is 1. The van der Waals surface area contributed by atoms with E-state index >= 15 is 0 Å². The van der Waals surface area contributed by atoms with Crippen LogP contribution in [-0.4, -0.2) is 26.8 Å². The van der Waals surface area contributed by atoms with Crippen LogP contribution in [0.3, 0.4) is 0 Å². The SMILES string of the molecule is COc1cc([N+](=O)[O-])ccc1-c1nnc(CCl)n1C. The number of nitrogens with zero attached hydrogens (tertiary/aromatic N) is 4. The Morgan fingerprint density at radius 2 is 2.21 bits per heavy atom. The van der Waals surface area contributed by atoms with Gasteiger partial charge in [-0.3, -0.25) is 10.1 Å². The Hall–Kier alpha value is -2.15. The number of aromatic nitrogens is 3. The number of methoxy groups -OCH3 is 1. The first kappa shape index (κ1) is 13.3. The Morgan fingerprint density at radius 3 is 2.74 bits per heavy atom. The predicted molar refractivity (Wildman–Crippen MR) is 69.2 cm³/mol. The number of nitro benzene ring substituents is 1. The zero-order chi connectivity index (χ0) is 14.0. The summed E-state index contributed by atoms with van der Waals surface area (Å²) in [6.07, 6.45) is 0. The lowest BCUT2D eigenvalue weighted by Crippen LogP contribution is -1.99. The number of ether oxygens (including phenoxy) is 1. The maximum atomic E-state index is 10.7. The zero-order valence-electron chi connectivity index (χ0n) is 10.3. The Labute approximate surface area is 113 Å². The van der Waals surface area contributed by atoms with Crippen LogP contribution in [0.5, 0.6) is 5.75 Å². The molecule has 1 aromatic heterocycles. The molecule has 2 aromatic rings. The van der Waals surface area contributed by atoms with Gasteiger partial charge in [-0.25, -0.2) is 0 Å². The normalized spacial score (nSPS) is 10.5. The van der Waals surface area contributed by atoms with E-state index in [1.807, 2.05) is 0 Å². The molecule has 0 saturated heterocycles. The van der Waals surface area contributed by atoms with Gasteiger partial charge >= 0.3 is 0 Å². The molecular weight excluding hydrogens is 272 g/mol. The highest BCUT2D eigenvalue weighted by Crippen LogP contribution is 2.32. The maximum Gasteiger partial charge on any atom is 0.273 e. The lowest BCUT2D eigenvalue weighted by atomic mass is 10.1. The quantitative estimate of drug-likeness (QED) is 0.487. The van der Waals surface area contributed by atoms with E-state index < -0.39 is 4.92 Å². The minimum absolute atomic E-state index is 0.0414. The summed E-state index contributed by atoms with van der Waals surface area (Å²) in [5, 5.41) is 18.7. The number of nitro groups is 1. The minimum atomic E-state index is -0.479. The Balaban J connectivity index is 2.55. The topological polar surface area (TPSA) is 83.1 Å². The summed E-state index contributed by atoms with van der Waals surface area (Å²) in [5.41, 5.74) is 0.583. The first-order valence-corrected chi connectivity index (χ1v) is 5.89. The number of rotatable bonds is 4. The number of non-ortho nitro benzene ring substituents is 1. The molecule has 100 valence electrons. The molecule has 1 heterocycles. The van der Waals surface area contributed by atoms with E-state index in [1.54, 1.807) is 17.7 Å². The smallest absolute Gasteiger partial charge is 0.273 e. The summed E-state index contributed by atoms with van der Waals surface area (Å²) in [6, 6.07) is 4.33. The second kappa shape index (κ2) is 5.23. The molecule has 0 radical (unpaired) electrons. The van der Waals surface area contributed by atoms with Crippen molar-refractivity contribution in [3.63, 3.8) is 0 Å². The third kappa shape index (κ3) is 2.37. The van der Waals surface area contributed by atoms with Crippen LogP contribution in [0, 0.1) is 10.1 Å². The Kier molecular flexibility index (Phi) is 3.66. The third-order valence-electron chi connectivity index (χ3n) is 2.72. The van der Waals surface area contributed by atoms with Crippen LogP contribution in [0.4, 0.5) is 5.69 Å². The third-order valence-corrected chi connectivity index (χ3v) is 2.96. The number of hydrogen-bond acceptors (Lipinski definition) is 5. The Bertz CT molecular complexity index is 626. The highest BCUT2D eigenvalue weighted by Gasteiger charge is 2.17. The van der Waals surface area contributed by atoms with E-state index in [0.29, 0.717) is 23.0 Å². The van der Waals surface area contributed by atoms with Gasteiger partial charge in [-0.05, 0) is 6.07 Å². The van der Waals surface area contributed by atoms with Crippen molar-refractivity contribution in [1.82, 2.24) is 14.8 Å². The van der Waals surface area contributed by atoms with Crippen molar-refractivity contribution >= 4 is 17.3 Å². The van der Waals surface area contributed by atoms with Crippen LogP contribution in [-0.2, 0) is 12.9 Å². The van der Waals surface area contributed by atoms with E-state index in [2.05, 4.69) is 10.2 Å². The first-order chi connectivity index (χ1) is 9.08. The summed E-state index contributed by atoms with van der Waals surface area (Å²) < 4.78 is 6.89. The highest BCUT2D eigenvalue weighted by molar-refractivity contribution is 6.16. The molecule has 8 heteroatoms. The van der Waals surface area contributed by atoms with Gasteiger partial charge in [-0.15, -0.1) is 21.8 Å². The zero-order valence-corrected chi connectivity index (χ0v) is 11.1. The maximum absolute atomic E-state index is 10.7. The summed E-state index contributed by atoms with van der Waals surface area (Å²) >= 11 is 5.73. The van der Waals surface area contributed by atoms with Crippen molar-refractivity contribution in [2.45, 2.75) is 5.88 Å². The molecular formula is C11H11ClN4O3. The summed E-state index contributed by atoms with van der Waals surface area (Å²) in [4.78, 5) is 10.3. The van der Waals surface area contributed by atoms with Crippen LogP contribution in [0.2, 0.25) is 0 Å². The second-order valence-corrected chi connectivity index (χ2v) is 4.04. The lowest BCUT2D eigenvalue weighted by Gasteiger charge is -2.07. The van der Waals surface area contributed by atoms with Crippen molar-refractivity contribution in [2.75, 3.05) is 7.11 Å². The van der Waals surface area contributed by atoms with Gasteiger partial charge in [0.1, 0.15) is 11.6 Å². The average Bonchev–Trinajstić information content (AvgIpc) is 2.78. The van der Waals surface area contributed by atoms with Crippen LogP contribution in [0.15, 0.2) is 18.2 Å². The minimum Gasteiger partial charge on any atom is -0.496 e. The summed E-state index contributed by atoms with van der Waals surface area (Å²) in [5.74, 6) is 1.75. The molecule has 0 aliphatic heterocycles. The standard InChI is InChI=1S/C11H11ClN4O3/c1-15-10(6-12)13-14-11(15)8-4-3-7(16(17)18)5-9(8)19-2/h3-5H,6H2,1-2H3. The molecule has 19 heavy (non-hydrogen) atoms. The van der Waals surface area contributed by atoms with Crippen LogP contribution in [0.1, 0.15) is 5.82 Å². The molecule has 0 atom stereocenters. The fourth-order valence-electron chi connectivity index (χ4n) is 1.69. The average molecular weight is 283 g/mol. The highest BCUT2D eigenvalue weighted by atomic mass is 35.5. The number of halogens is 1. The van der Waals surface area contributed by atoms with Crippen molar-refractivity contribution in [2.24, 2.45) is 7.05 Å². The van der Waals surface area contributed by atoms with E-state index in [9.17, 15) is 10.1 Å². The molecule has 0 amide bonds. The predicted octanol–water partition coefficient (Wildman–Crippen LogP) is 2.14. The monoisotopic (exact) mass is 282 g/mol. The van der Waals surface area contributed by atoms with Crippen molar-refractivity contribution in [3.05, 3.63) is 34.1 Å². The van der Waals surface area contributed by atoms with Gasteiger partial charge in [0.2, 0.25) is 0 Å². The van der Waals surface area contributed by atoms with Crippen LogP contribution >= 0.6 is 11.6 Å². The fourth-order valence-corrected chi connectivity index (χ4v) is 1.92. The van der Waals surface area contributed by atoms with Crippen LogP contribution < -0.4 is 4.74 Å². The van der Waals surface area contributed by atoms with Crippen LogP contribution in [0.25, 0.3) is 11.4 Å². The molecule has 0 N–H and O–H groups in total. The molecule has 0 aliphatic rings. The molecule has 0 spiro atoms. The molecule has 0 bridgehead atoms. The number of hydrogen-bond donors (Lipinski definition) is 0. The van der Waals surface area contributed by atoms with Gasteiger partial charge in [0, 0.05) is 13.1 Å². The van der Waals surface area contributed by atoms with Gasteiger partial charge in [-0.2, -0.15) is 0 Å². The lowest BCUT2D eigenvalue weighted by molar-refractivity contribution is -0.384. The van der Waals surface area contributed by atoms with Gasteiger partial charge in [0.05, 0.1) is 29.5 Å². The second-order valence-electron chi connectivity index (χ2n) is 3.77. The molecule has 0 fully saturated rings. The first-order valence-electron chi connectivity index (χ1n) is 5.35. The molecule has 0 saturated carbocycles. The van der Waals surface area contributed by atoms with E-state index in [1.165, 1.54) is 19.2 Å². The Morgan fingerprint density at radius 1 is 1.47 bits per heavy atom. The fraction of sp³-hybridized carbons (Fsp3) is 0.273. The molecule has 7 nitrogen and oxygen atoms in total.